The molecule has 0 amide bonds. The number of rotatable bonds is 16. The van der Waals surface area contributed by atoms with Crippen molar-refractivity contribution in [2.75, 3.05) is 49.2 Å². The molecule has 254 valence electrons. The molecule has 1 aromatic heterocycles. The molecule has 0 radical (unpaired) electrons. The number of carbonyl (C=O) groups excluding carboxylic acids is 4. The molecule has 0 fully saturated rings. The number of carbonyl (C=O) groups is 4. The van der Waals surface area contributed by atoms with Crippen molar-refractivity contribution in [2.45, 2.75) is 13.1 Å². The first-order chi connectivity index (χ1) is 22.6. The van der Waals surface area contributed by atoms with E-state index in [4.69, 9.17) is 9.47 Å². The predicted molar refractivity (Wildman–Crippen MR) is 157 cm³/mol. The Kier molecular flexibility index (Phi) is 25.1. The molecule has 0 saturated carbocycles. The molecule has 21 heteroatoms. The second kappa shape index (κ2) is 24.7. The Hall–Kier alpha value is 0.965. The summed E-state index contributed by atoms with van der Waals surface area (Å²) in [5.74, 6) is -6.26. The number of thiazole rings is 1. The quantitative estimate of drug-likeness (QED) is 0.0763. The maximum atomic E-state index is 13.2. The normalized spacial score (nSPS) is 10.4. The van der Waals surface area contributed by atoms with Gasteiger partial charge in [-0.1, -0.05) is 6.07 Å². The van der Waals surface area contributed by atoms with E-state index in [0.717, 1.165) is 33.3 Å². The van der Waals surface area contributed by atoms with Crippen molar-refractivity contribution in [3.8, 4) is 22.1 Å². The van der Waals surface area contributed by atoms with Gasteiger partial charge in [0.15, 0.2) is 0 Å². The largest absolute Gasteiger partial charge is 1.00 e. The van der Waals surface area contributed by atoms with Crippen molar-refractivity contribution in [1.82, 2.24) is 4.98 Å². The third-order valence-corrected chi connectivity index (χ3v) is 7.68. The Bertz CT molecular complexity index is 1830. The molecule has 0 unspecified atom stereocenters. The van der Waals surface area contributed by atoms with Crippen LogP contribution in [0.4, 0.5) is 24.5 Å². The SMILES string of the molecule is Cc1ccc(N(CC(=O)[O-])CC(=O)[O-])c(OCCOc2cc(-c3nc4cc(C(F)(F)F)ccc4s3)ccc2N(CC(=O)[O-])CC(=O)[O-])c1.[K+].[K+].[K+].[K+]. The Labute approximate surface area is 469 Å². The smallest absolute Gasteiger partial charge is 0.548 e. The number of anilines is 2. The van der Waals surface area contributed by atoms with Crippen LogP contribution in [0.1, 0.15) is 11.1 Å². The maximum absolute atomic E-state index is 13.2. The van der Waals surface area contributed by atoms with Gasteiger partial charge < -0.3 is 58.9 Å². The topological polar surface area (TPSA) is 198 Å². The van der Waals surface area contributed by atoms with Gasteiger partial charge in [-0.3, -0.25) is 0 Å². The van der Waals surface area contributed by atoms with Crippen LogP contribution in [0.3, 0.4) is 0 Å². The van der Waals surface area contributed by atoms with Crippen molar-refractivity contribution in [3.63, 3.8) is 0 Å². The second-order valence-electron chi connectivity index (χ2n) is 10.3. The van der Waals surface area contributed by atoms with Gasteiger partial charge in [0.25, 0.3) is 0 Å². The molecule has 52 heavy (non-hydrogen) atoms. The summed E-state index contributed by atoms with van der Waals surface area (Å²) in [5, 5.41) is 45.6. The number of benzene rings is 3. The van der Waals surface area contributed by atoms with E-state index in [1.165, 1.54) is 36.4 Å². The first-order valence-corrected chi connectivity index (χ1v) is 14.7. The number of aromatic nitrogens is 1. The third kappa shape index (κ3) is 16.1. The molecule has 0 aliphatic heterocycles. The number of fused-ring (bicyclic) bond motifs is 1. The fraction of sp³-hybridized carbons (Fsp3) is 0.258. The van der Waals surface area contributed by atoms with E-state index in [9.17, 15) is 52.8 Å². The Morgan fingerprint density at radius 1 is 0.692 bits per heavy atom. The minimum Gasteiger partial charge on any atom is -0.548 e. The summed E-state index contributed by atoms with van der Waals surface area (Å²) < 4.78 is 51.8. The van der Waals surface area contributed by atoms with Crippen LogP contribution in [0.25, 0.3) is 20.8 Å². The summed E-state index contributed by atoms with van der Waals surface area (Å²) in [5.41, 5.74) is 0.344. The molecular formula is C31H24F3K4N3O10S. The minimum atomic E-state index is -4.58. The van der Waals surface area contributed by atoms with Crippen molar-refractivity contribution < 1.29 is 268 Å². The Morgan fingerprint density at radius 3 is 1.62 bits per heavy atom. The molecule has 0 bridgehead atoms. The molecule has 3 aromatic carbocycles. The molecule has 4 rings (SSSR count). The number of aliphatic carboxylic acids is 4. The summed E-state index contributed by atoms with van der Waals surface area (Å²) in [6, 6.07) is 11.9. The van der Waals surface area contributed by atoms with E-state index in [0.29, 0.717) is 15.8 Å². The number of carboxylic acids is 4. The molecule has 13 nitrogen and oxygen atoms in total. The summed E-state index contributed by atoms with van der Waals surface area (Å²) >= 11 is 1.08. The van der Waals surface area contributed by atoms with Gasteiger partial charge in [-0.25, -0.2) is 4.98 Å². The van der Waals surface area contributed by atoms with Crippen LogP contribution >= 0.6 is 11.3 Å². The maximum Gasteiger partial charge on any atom is 1.00 e. The molecule has 0 N–H and O–H groups in total. The summed E-state index contributed by atoms with van der Waals surface area (Å²) in [6.07, 6.45) is -4.58. The number of carboxylic acid groups (broad SMARTS) is 4. The van der Waals surface area contributed by atoms with E-state index in [2.05, 4.69) is 4.98 Å². The first kappa shape index (κ1) is 53.0. The average molecular weight is 844 g/mol. The Morgan fingerprint density at radius 2 is 1.15 bits per heavy atom. The van der Waals surface area contributed by atoms with Gasteiger partial charge in [-0.05, 0) is 61.0 Å². The van der Waals surface area contributed by atoms with Crippen LogP contribution in [0.2, 0.25) is 0 Å². The van der Waals surface area contributed by atoms with Crippen molar-refractivity contribution in [3.05, 3.63) is 65.7 Å². The molecule has 0 atom stereocenters. The van der Waals surface area contributed by atoms with Crippen LogP contribution < -0.4 is 245 Å². The standard InChI is InChI=1S/C31H28F3N3O10S.4K/c1-17-2-5-21(36(13-26(38)39)14-27(40)41)23(10-17)46-8-9-47-24-11-18(3-6-22(24)37(15-28(42)43)16-29(44)45)30-35-20-12-19(31(32,33)34)4-7-25(20)48-30;;;;/h2-7,10-12H,8-9,13-16H2,1H3,(H,38,39)(H,40,41)(H,42,43)(H,44,45);;;;/q;4*+1/p-4. The summed E-state index contributed by atoms with van der Waals surface area (Å²) in [4.78, 5) is 51.5. The van der Waals surface area contributed by atoms with Gasteiger partial charge >= 0.3 is 212 Å². The number of halogens is 3. The monoisotopic (exact) mass is 843 g/mol. The van der Waals surface area contributed by atoms with Gasteiger partial charge in [0.1, 0.15) is 29.7 Å². The van der Waals surface area contributed by atoms with Crippen molar-refractivity contribution >= 4 is 56.8 Å². The predicted octanol–water partition coefficient (Wildman–Crippen LogP) is -12.6. The number of alkyl halides is 3. The number of hydrogen-bond donors (Lipinski definition) is 0. The number of ether oxygens (including phenoxy) is 2. The number of nitrogens with zero attached hydrogens (tertiary/aromatic N) is 3. The molecule has 0 spiro atoms. The summed E-state index contributed by atoms with van der Waals surface area (Å²) in [6.45, 7) is -2.06. The van der Waals surface area contributed by atoms with Crippen LogP contribution in [0, 0.1) is 6.92 Å². The molecule has 1 heterocycles. The van der Waals surface area contributed by atoms with Gasteiger partial charge in [0.05, 0.1) is 77.2 Å². The van der Waals surface area contributed by atoms with Gasteiger partial charge in [0, 0.05) is 5.56 Å². The zero-order chi connectivity index (χ0) is 35.2. The van der Waals surface area contributed by atoms with E-state index in [1.54, 1.807) is 13.0 Å². The minimum absolute atomic E-state index is 0. The second-order valence-corrected chi connectivity index (χ2v) is 11.3. The van der Waals surface area contributed by atoms with Crippen LogP contribution in [-0.2, 0) is 25.4 Å². The van der Waals surface area contributed by atoms with Crippen LogP contribution in [0.15, 0.2) is 54.6 Å². The fourth-order valence-corrected chi connectivity index (χ4v) is 5.57. The number of hydrogen-bond acceptors (Lipinski definition) is 14. The molecule has 0 saturated heterocycles. The van der Waals surface area contributed by atoms with Crippen molar-refractivity contribution in [1.29, 1.82) is 0 Å². The molecule has 0 aliphatic carbocycles. The van der Waals surface area contributed by atoms with Crippen LogP contribution in [0.5, 0.6) is 11.5 Å². The zero-order valence-electron chi connectivity index (χ0n) is 28.9. The Balaban J connectivity index is 0.00000650. The molecular weight excluding hydrogens is 820 g/mol. The van der Waals surface area contributed by atoms with Crippen LogP contribution in [-0.4, -0.2) is 68.3 Å². The zero-order valence-corrected chi connectivity index (χ0v) is 42.2. The number of aryl methyl sites for hydroxylation is 1. The van der Waals surface area contributed by atoms with E-state index >= 15 is 0 Å². The van der Waals surface area contributed by atoms with Gasteiger partial charge in [-0.2, -0.15) is 13.2 Å². The van der Waals surface area contributed by atoms with Gasteiger partial charge in [0.2, 0.25) is 0 Å². The fourth-order valence-electron chi connectivity index (χ4n) is 4.63. The molecule has 4 aromatic rings. The average Bonchev–Trinajstić information content (AvgIpc) is 3.41. The van der Waals surface area contributed by atoms with E-state index < -0.39 is 61.8 Å². The van der Waals surface area contributed by atoms with E-state index in [-0.39, 0.29) is 252 Å². The third-order valence-electron chi connectivity index (χ3n) is 6.60. The van der Waals surface area contributed by atoms with Gasteiger partial charge in [-0.15, -0.1) is 11.3 Å². The van der Waals surface area contributed by atoms with Crippen molar-refractivity contribution in [2.24, 2.45) is 0 Å². The first-order valence-electron chi connectivity index (χ1n) is 13.9. The molecule has 0 aliphatic rings. The van der Waals surface area contributed by atoms with E-state index in [1.807, 2.05) is 0 Å². The summed E-state index contributed by atoms with van der Waals surface area (Å²) in [7, 11) is 0.